The van der Waals surface area contributed by atoms with E-state index in [9.17, 15) is 4.79 Å². The lowest BCUT2D eigenvalue weighted by Crippen LogP contribution is -2.53. The molecule has 0 saturated heterocycles. The maximum Gasteiger partial charge on any atom is 0.228 e. The van der Waals surface area contributed by atoms with Gasteiger partial charge in [-0.2, -0.15) is 0 Å². The molecule has 3 nitrogen and oxygen atoms in total. The van der Waals surface area contributed by atoms with Gasteiger partial charge in [-0.1, -0.05) is 13.8 Å². The van der Waals surface area contributed by atoms with Crippen LogP contribution in [-0.2, 0) is 11.2 Å². The van der Waals surface area contributed by atoms with Crippen molar-refractivity contribution in [1.29, 1.82) is 0 Å². The third-order valence-corrected chi connectivity index (χ3v) is 5.10. The lowest BCUT2D eigenvalue weighted by Gasteiger charge is -2.33. The summed E-state index contributed by atoms with van der Waals surface area (Å²) in [6, 6.07) is 2.12. The van der Waals surface area contributed by atoms with Gasteiger partial charge in [0.2, 0.25) is 5.91 Å². The summed E-state index contributed by atoms with van der Waals surface area (Å²) in [6.45, 7) is 6.87. The van der Waals surface area contributed by atoms with Crippen molar-refractivity contribution in [1.82, 2.24) is 5.32 Å². The highest BCUT2D eigenvalue weighted by atomic mass is 32.1. The molecule has 3 N–H and O–H groups in total. The number of aryl methyl sites for hydroxylation is 1. The van der Waals surface area contributed by atoms with Crippen LogP contribution in [0.5, 0.6) is 0 Å². The number of nitrogens with one attached hydrogen (secondary N) is 1. The molecule has 0 aliphatic heterocycles. The number of amides is 1. The summed E-state index contributed by atoms with van der Waals surface area (Å²) in [6.07, 6.45) is 4.10. The number of hydrogen-bond donors (Lipinski definition) is 2. The van der Waals surface area contributed by atoms with Crippen LogP contribution in [0, 0.1) is 5.92 Å². The largest absolute Gasteiger partial charge is 0.349 e. The van der Waals surface area contributed by atoms with Crippen LogP contribution in [0.2, 0.25) is 0 Å². The first-order valence-electron chi connectivity index (χ1n) is 7.53. The second kappa shape index (κ2) is 6.27. The van der Waals surface area contributed by atoms with E-state index in [0.29, 0.717) is 12.5 Å². The molecule has 1 aliphatic rings. The Kier molecular flexibility index (Phi) is 4.86. The molecule has 1 aromatic rings. The maximum absolute atomic E-state index is 12.7. The zero-order chi connectivity index (χ0) is 14.8. The van der Waals surface area contributed by atoms with Gasteiger partial charge < -0.3 is 11.1 Å². The van der Waals surface area contributed by atoms with E-state index in [1.165, 1.54) is 10.4 Å². The average molecular weight is 294 g/mol. The van der Waals surface area contributed by atoms with E-state index >= 15 is 0 Å². The van der Waals surface area contributed by atoms with E-state index in [-0.39, 0.29) is 17.4 Å². The van der Waals surface area contributed by atoms with Crippen LogP contribution in [0.4, 0.5) is 0 Å². The number of fused-ring (bicyclic) bond motifs is 1. The van der Waals surface area contributed by atoms with Crippen molar-refractivity contribution < 1.29 is 4.79 Å². The minimum Gasteiger partial charge on any atom is -0.349 e. The molecule has 1 aromatic heterocycles. The molecule has 2 unspecified atom stereocenters. The monoisotopic (exact) mass is 294 g/mol. The number of nitrogens with two attached hydrogens (primary N) is 1. The van der Waals surface area contributed by atoms with Crippen molar-refractivity contribution in [2.24, 2.45) is 11.7 Å². The maximum atomic E-state index is 12.7. The highest BCUT2D eigenvalue weighted by molar-refractivity contribution is 7.10. The second-order valence-electron chi connectivity index (χ2n) is 6.60. The summed E-state index contributed by atoms with van der Waals surface area (Å²) in [5.41, 5.74) is 6.84. The normalized spacial score (nSPS) is 21.4. The molecule has 112 valence electrons. The minimum atomic E-state index is -0.293. The summed E-state index contributed by atoms with van der Waals surface area (Å²) in [5, 5.41) is 5.32. The van der Waals surface area contributed by atoms with Crippen LogP contribution in [0.15, 0.2) is 11.4 Å². The fourth-order valence-corrected chi connectivity index (χ4v) is 4.22. The van der Waals surface area contributed by atoms with E-state index in [1.54, 1.807) is 11.3 Å². The van der Waals surface area contributed by atoms with Gasteiger partial charge in [-0.3, -0.25) is 4.79 Å². The predicted molar refractivity (Wildman–Crippen MR) is 85.1 cm³/mol. The average Bonchev–Trinajstić information content (AvgIpc) is 2.85. The van der Waals surface area contributed by atoms with Crippen molar-refractivity contribution >= 4 is 17.2 Å². The van der Waals surface area contributed by atoms with Gasteiger partial charge in [0, 0.05) is 17.0 Å². The Hall–Kier alpha value is -0.870. The first-order valence-corrected chi connectivity index (χ1v) is 8.41. The molecule has 2 rings (SSSR count). The van der Waals surface area contributed by atoms with Crippen molar-refractivity contribution in [2.45, 2.75) is 57.9 Å². The van der Waals surface area contributed by atoms with Crippen molar-refractivity contribution in [2.75, 3.05) is 6.54 Å². The van der Waals surface area contributed by atoms with Gasteiger partial charge in [-0.05, 0) is 55.5 Å². The van der Waals surface area contributed by atoms with Gasteiger partial charge in [-0.15, -0.1) is 11.3 Å². The standard InChI is InChI=1S/C16H26N2OS/c1-11(2)9-16(3,10-17)18-15(19)13-5-4-6-14-12(13)7-8-20-14/h7-8,11,13H,4-6,9-10,17H2,1-3H3,(H,18,19). The molecular weight excluding hydrogens is 268 g/mol. The Morgan fingerprint density at radius 2 is 2.35 bits per heavy atom. The Labute approximate surface area is 125 Å². The number of carbonyl (C=O) groups is 1. The lowest BCUT2D eigenvalue weighted by molar-refractivity contribution is -0.124. The molecule has 1 heterocycles. The van der Waals surface area contributed by atoms with Crippen LogP contribution in [0.1, 0.15) is 56.4 Å². The van der Waals surface area contributed by atoms with Gasteiger partial charge in [-0.25, -0.2) is 0 Å². The molecule has 1 aliphatic carbocycles. The Bertz CT molecular complexity index is 469. The number of thiophene rings is 1. The summed E-state index contributed by atoms with van der Waals surface area (Å²) in [5.74, 6) is 0.688. The van der Waals surface area contributed by atoms with Crippen LogP contribution >= 0.6 is 11.3 Å². The number of hydrogen-bond acceptors (Lipinski definition) is 3. The molecule has 0 radical (unpaired) electrons. The molecule has 20 heavy (non-hydrogen) atoms. The third-order valence-electron chi connectivity index (χ3n) is 4.10. The fraction of sp³-hybridized carbons (Fsp3) is 0.688. The summed E-state index contributed by atoms with van der Waals surface area (Å²) >= 11 is 1.78. The molecule has 0 spiro atoms. The SMILES string of the molecule is CC(C)CC(C)(CN)NC(=O)C1CCCc2sccc21. The van der Waals surface area contributed by atoms with E-state index in [0.717, 1.165) is 25.7 Å². The molecule has 0 aromatic carbocycles. The first-order chi connectivity index (χ1) is 9.45. The highest BCUT2D eigenvalue weighted by Gasteiger charge is 2.32. The summed E-state index contributed by atoms with van der Waals surface area (Å²) < 4.78 is 0. The highest BCUT2D eigenvalue weighted by Crippen LogP contribution is 2.35. The number of rotatable bonds is 5. The summed E-state index contributed by atoms with van der Waals surface area (Å²) in [7, 11) is 0. The van der Waals surface area contributed by atoms with Crippen molar-refractivity contribution in [3.63, 3.8) is 0 Å². The van der Waals surface area contributed by atoms with E-state index < -0.39 is 0 Å². The Morgan fingerprint density at radius 1 is 1.60 bits per heavy atom. The van der Waals surface area contributed by atoms with Gasteiger partial charge in [0.15, 0.2) is 0 Å². The molecule has 4 heteroatoms. The first kappa shape index (κ1) is 15.5. The molecule has 2 atom stereocenters. The van der Waals surface area contributed by atoms with E-state index in [2.05, 4.69) is 37.5 Å². The Balaban J connectivity index is 2.09. The van der Waals surface area contributed by atoms with Gasteiger partial charge in [0.25, 0.3) is 0 Å². The third kappa shape index (κ3) is 3.41. The van der Waals surface area contributed by atoms with Crippen LogP contribution < -0.4 is 11.1 Å². The van der Waals surface area contributed by atoms with Crippen LogP contribution in [0.25, 0.3) is 0 Å². The fourth-order valence-electron chi connectivity index (χ4n) is 3.23. The van der Waals surface area contributed by atoms with Gasteiger partial charge >= 0.3 is 0 Å². The van der Waals surface area contributed by atoms with Crippen LogP contribution in [-0.4, -0.2) is 18.0 Å². The molecule has 1 amide bonds. The van der Waals surface area contributed by atoms with Crippen molar-refractivity contribution in [3.8, 4) is 0 Å². The van der Waals surface area contributed by atoms with Gasteiger partial charge in [0.05, 0.1) is 5.92 Å². The quantitative estimate of drug-likeness (QED) is 0.877. The topological polar surface area (TPSA) is 55.1 Å². The summed E-state index contributed by atoms with van der Waals surface area (Å²) in [4.78, 5) is 14.0. The van der Waals surface area contributed by atoms with E-state index in [1.807, 2.05) is 0 Å². The van der Waals surface area contributed by atoms with E-state index in [4.69, 9.17) is 5.73 Å². The van der Waals surface area contributed by atoms with Gasteiger partial charge in [0.1, 0.15) is 0 Å². The Morgan fingerprint density at radius 3 is 3.00 bits per heavy atom. The second-order valence-corrected chi connectivity index (χ2v) is 7.60. The zero-order valence-electron chi connectivity index (χ0n) is 12.7. The van der Waals surface area contributed by atoms with Crippen molar-refractivity contribution in [3.05, 3.63) is 21.9 Å². The predicted octanol–water partition coefficient (Wildman–Crippen LogP) is 3.05. The minimum absolute atomic E-state index is 0.0167. The molecule has 0 bridgehead atoms. The van der Waals surface area contributed by atoms with Crippen LogP contribution in [0.3, 0.4) is 0 Å². The zero-order valence-corrected chi connectivity index (χ0v) is 13.6. The smallest absolute Gasteiger partial charge is 0.228 e. The number of carbonyl (C=O) groups excluding carboxylic acids is 1. The molecule has 0 fully saturated rings. The molecular formula is C16H26N2OS. The lowest BCUT2D eigenvalue weighted by atomic mass is 9.85. The molecule has 0 saturated carbocycles.